The topological polar surface area (TPSA) is 42.4 Å². The van der Waals surface area contributed by atoms with Gasteiger partial charge in [0.25, 0.3) is 0 Å². The second-order valence-electron chi connectivity index (χ2n) is 5.08. The molecule has 0 radical (unpaired) electrons. The van der Waals surface area contributed by atoms with Gasteiger partial charge in [-0.25, -0.2) is 0 Å². The highest BCUT2D eigenvalue weighted by molar-refractivity contribution is 5.14. The highest BCUT2D eigenvalue weighted by Gasteiger charge is 2.17. The van der Waals surface area contributed by atoms with Gasteiger partial charge in [0, 0.05) is 24.9 Å². The van der Waals surface area contributed by atoms with Gasteiger partial charge in [-0.15, -0.1) is 0 Å². The highest BCUT2D eigenvalue weighted by atomic mass is 16.5. The Hall–Kier alpha value is -0.930. The molecule has 100 valence electrons. The molecular formula is C15H23NO2. The molecule has 1 aromatic rings. The van der Waals surface area contributed by atoms with E-state index in [1.54, 1.807) is 0 Å². The summed E-state index contributed by atoms with van der Waals surface area (Å²) in [5.74, 6) is 0. The molecule has 3 nitrogen and oxygen atoms in total. The van der Waals surface area contributed by atoms with Gasteiger partial charge >= 0.3 is 0 Å². The molecule has 0 bridgehead atoms. The molecular weight excluding hydrogens is 226 g/mol. The van der Waals surface area contributed by atoms with Crippen LogP contribution in [0.3, 0.4) is 0 Å². The van der Waals surface area contributed by atoms with Gasteiger partial charge in [0.15, 0.2) is 0 Å². The molecule has 3 heteroatoms. The SMILES string of the molecule is CCc1ccc(CC(O)CCC2CCCO2)nc1. The summed E-state index contributed by atoms with van der Waals surface area (Å²) < 4.78 is 5.56. The Morgan fingerprint density at radius 2 is 2.39 bits per heavy atom. The summed E-state index contributed by atoms with van der Waals surface area (Å²) in [5.41, 5.74) is 2.22. The van der Waals surface area contributed by atoms with Gasteiger partial charge in [-0.2, -0.15) is 0 Å². The summed E-state index contributed by atoms with van der Waals surface area (Å²) in [7, 11) is 0. The second-order valence-corrected chi connectivity index (χ2v) is 5.08. The molecule has 0 amide bonds. The van der Waals surface area contributed by atoms with Crippen LogP contribution in [0.2, 0.25) is 0 Å². The Balaban J connectivity index is 1.73. The molecule has 0 aliphatic carbocycles. The number of aliphatic hydroxyl groups is 1. The lowest BCUT2D eigenvalue weighted by atomic mass is 10.0. The zero-order chi connectivity index (χ0) is 12.8. The zero-order valence-corrected chi connectivity index (χ0v) is 11.1. The maximum atomic E-state index is 9.99. The van der Waals surface area contributed by atoms with Gasteiger partial charge in [-0.05, 0) is 43.7 Å². The third kappa shape index (κ3) is 4.07. The first-order valence-electron chi connectivity index (χ1n) is 7.01. The zero-order valence-electron chi connectivity index (χ0n) is 11.1. The molecule has 2 atom stereocenters. The van der Waals surface area contributed by atoms with Crippen molar-refractivity contribution in [2.75, 3.05) is 6.61 Å². The van der Waals surface area contributed by atoms with Crippen molar-refractivity contribution >= 4 is 0 Å². The maximum Gasteiger partial charge on any atom is 0.0596 e. The molecule has 1 aromatic heterocycles. The lowest BCUT2D eigenvalue weighted by Gasteiger charge is -2.13. The van der Waals surface area contributed by atoms with Gasteiger partial charge in [0.2, 0.25) is 0 Å². The summed E-state index contributed by atoms with van der Waals surface area (Å²) in [6.45, 7) is 3.01. The molecule has 2 unspecified atom stereocenters. The smallest absolute Gasteiger partial charge is 0.0596 e. The van der Waals surface area contributed by atoms with Crippen molar-refractivity contribution in [3.05, 3.63) is 29.6 Å². The van der Waals surface area contributed by atoms with Crippen molar-refractivity contribution < 1.29 is 9.84 Å². The summed E-state index contributed by atoms with van der Waals surface area (Å²) >= 11 is 0. The van der Waals surface area contributed by atoms with Crippen molar-refractivity contribution in [2.45, 2.75) is 57.7 Å². The van der Waals surface area contributed by atoms with Crippen molar-refractivity contribution in [1.82, 2.24) is 4.98 Å². The van der Waals surface area contributed by atoms with Crippen LogP contribution in [0, 0.1) is 0 Å². The van der Waals surface area contributed by atoms with Gasteiger partial charge in [0.1, 0.15) is 0 Å². The number of ether oxygens (including phenoxy) is 1. The summed E-state index contributed by atoms with van der Waals surface area (Å²) in [6.07, 6.45) is 7.73. The Kier molecular flexibility index (Phi) is 5.14. The maximum absolute atomic E-state index is 9.99. The van der Waals surface area contributed by atoms with E-state index in [1.807, 2.05) is 12.3 Å². The van der Waals surface area contributed by atoms with E-state index in [0.717, 1.165) is 38.0 Å². The molecule has 1 N–H and O–H groups in total. The first kappa shape index (κ1) is 13.5. The third-order valence-electron chi connectivity index (χ3n) is 3.58. The van der Waals surface area contributed by atoms with Gasteiger partial charge in [0.05, 0.1) is 12.2 Å². The standard InChI is InChI=1S/C15H23NO2/c1-2-12-5-6-13(16-11-12)10-14(17)7-8-15-4-3-9-18-15/h5-6,11,14-15,17H,2-4,7-10H2,1H3. The van der Waals surface area contributed by atoms with Crippen molar-refractivity contribution in [3.63, 3.8) is 0 Å². The lowest BCUT2D eigenvalue weighted by molar-refractivity contribution is 0.0811. The summed E-state index contributed by atoms with van der Waals surface area (Å²) in [5, 5.41) is 9.99. The van der Waals surface area contributed by atoms with E-state index in [0.29, 0.717) is 12.5 Å². The minimum Gasteiger partial charge on any atom is -0.393 e. The van der Waals surface area contributed by atoms with Crippen LogP contribution in [0.5, 0.6) is 0 Å². The van der Waals surface area contributed by atoms with E-state index in [1.165, 1.54) is 12.0 Å². The minimum absolute atomic E-state index is 0.297. The molecule has 0 saturated carbocycles. The number of rotatable bonds is 6. The average Bonchev–Trinajstić information content (AvgIpc) is 2.90. The van der Waals surface area contributed by atoms with Crippen molar-refractivity contribution in [2.24, 2.45) is 0 Å². The quantitative estimate of drug-likeness (QED) is 0.842. The summed E-state index contributed by atoms with van der Waals surface area (Å²) in [4.78, 5) is 4.38. The van der Waals surface area contributed by atoms with E-state index in [2.05, 4.69) is 18.0 Å². The second kappa shape index (κ2) is 6.86. The van der Waals surface area contributed by atoms with Gasteiger partial charge in [-0.3, -0.25) is 4.98 Å². The van der Waals surface area contributed by atoms with Crippen LogP contribution in [0.25, 0.3) is 0 Å². The van der Waals surface area contributed by atoms with Crippen molar-refractivity contribution in [1.29, 1.82) is 0 Å². The fraction of sp³-hybridized carbons (Fsp3) is 0.667. The fourth-order valence-electron chi connectivity index (χ4n) is 2.38. The van der Waals surface area contributed by atoms with E-state index >= 15 is 0 Å². The number of hydrogen-bond donors (Lipinski definition) is 1. The monoisotopic (exact) mass is 249 g/mol. The fourth-order valence-corrected chi connectivity index (χ4v) is 2.38. The molecule has 18 heavy (non-hydrogen) atoms. The highest BCUT2D eigenvalue weighted by Crippen LogP contribution is 2.18. The first-order valence-corrected chi connectivity index (χ1v) is 7.01. The number of nitrogens with zero attached hydrogens (tertiary/aromatic N) is 1. The number of aryl methyl sites for hydroxylation is 1. The Morgan fingerprint density at radius 1 is 1.50 bits per heavy atom. The first-order chi connectivity index (χ1) is 8.78. The molecule has 1 aliphatic rings. The number of aromatic nitrogens is 1. The van der Waals surface area contributed by atoms with Crippen LogP contribution >= 0.6 is 0 Å². The van der Waals surface area contributed by atoms with E-state index in [9.17, 15) is 5.11 Å². The van der Waals surface area contributed by atoms with Crippen LogP contribution in [-0.2, 0) is 17.6 Å². The molecule has 0 aromatic carbocycles. The van der Waals surface area contributed by atoms with Crippen LogP contribution in [-0.4, -0.2) is 28.9 Å². The van der Waals surface area contributed by atoms with Crippen LogP contribution in [0.4, 0.5) is 0 Å². The van der Waals surface area contributed by atoms with E-state index in [-0.39, 0.29) is 6.10 Å². The molecule has 1 saturated heterocycles. The third-order valence-corrected chi connectivity index (χ3v) is 3.58. The molecule has 2 heterocycles. The number of aliphatic hydroxyl groups excluding tert-OH is 1. The Morgan fingerprint density at radius 3 is 3.00 bits per heavy atom. The molecule has 0 spiro atoms. The summed E-state index contributed by atoms with van der Waals surface area (Å²) in [6, 6.07) is 4.11. The molecule has 1 fully saturated rings. The average molecular weight is 249 g/mol. The van der Waals surface area contributed by atoms with E-state index < -0.39 is 0 Å². The van der Waals surface area contributed by atoms with Crippen LogP contribution in [0.1, 0.15) is 43.9 Å². The predicted octanol–water partition coefficient (Wildman–Crippen LogP) is 2.51. The number of hydrogen-bond acceptors (Lipinski definition) is 3. The lowest BCUT2D eigenvalue weighted by Crippen LogP contribution is -2.15. The van der Waals surface area contributed by atoms with Gasteiger partial charge < -0.3 is 9.84 Å². The van der Waals surface area contributed by atoms with Crippen LogP contribution in [0.15, 0.2) is 18.3 Å². The number of pyridine rings is 1. The molecule has 1 aliphatic heterocycles. The van der Waals surface area contributed by atoms with Crippen LogP contribution < -0.4 is 0 Å². The molecule has 2 rings (SSSR count). The van der Waals surface area contributed by atoms with Crippen molar-refractivity contribution in [3.8, 4) is 0 Å². The largest absolute Gasteiger partial charge is 0.393 e. The van der Waals surface area contributed by atoms with E-state index in [4.69, 9.17) is 4.74 Å². The predicted molar refractivity (Wildman–Crippen MR) is 71.5 cm³/mol. The normalized spacial score (nSPS) is 21.1. The Labute approximate surface area is 109 Å². The minimum atomic E-state index is -0.297. The Bertz CT molecular complexity index is 344. The van der Waals surface area contributed by atoms with Gasteiger partial charge in [-0.1, -0.05) is 13.0 Å².